The Morgan fingerprint density at radius 3 is 2.60 bits per heavy atom. The van der Waals surface area contributed by atoms with Crippen molar-refractivity contribution in [2.45, 2.75) is 120 Å². The fourth-order valence-electron chi connectivity index (χ4n) is 10.5. The van der Waals surface area contributed by atoms with Crippen LogP contribution >= 0.6 is 0 Å². The first-order valence-corrected chi connectivity index (χ1v) is 14.6. The molecule has 0 aromatic heterocycles. The molecule has 35 heavy (non-hydrogen) atoms. The Labute approximate surface area is 212 Å². The van der Waals surface area contributed by atoms with Gasteiger partial charge in [-0.05, 0) is 118 Å². The summed E-state index contributed by atoms with van der Waals surface area (Å²) in [5, 5.41) is 0. The molecule has 0 aromatic carbocycles. The zero-order valence-electron chi connectivity index (χ0n) is 22.2. The van der Waals surface area contributed by atoms with Gasteiger partial charge >= 0.3 is 0 Å². The van der Waals surface area contributed by atoms with Crippen LogP contribution in [0.5, 0.6) is 0 Å². The highest BCUT2D eigenvalue weighted by molar-refractivity contribution is 5.81. The summed E-state index contributed by atoms with van der Waals surface area (Å²) in [5.41, 5.74) is 5.95. The van der Waals surface area contributed by atoms with Crippen LogP contribution in [0, 0.1) is 17.3 Å². The van der Waals surface area contributed by atoms with Crippen LogP contribution in [-0.2, 0) is 4.74 Å². The Kier molecular flexibility index (Phi) is 5.05. The van der Waals surface area contributed by atoms with Crippen molar-refractivity contribution in [3.05, 3.63) is 47.1 Å². The summed E-state index contributed by atoms with van der Waals surface area (Å²) in [6.45, 7) is 9.11. The predicted molar refractivity (Wildman–Crippen MR) is 144 cm³/mol. The molecular weight excluding hydrogens is 428 g/mol. The molecule has 3 unspecified atom stereocenters. The Morgan fingerprint density at radius 1 is 1.09 bits per heavy atom. The zero-order valence-corrected chi connectivity index (χ0v) is 22.2. The van der Waals surface area contributed by atoms with Crippen molar-refractivity contribution in [2.75, 3.05) is 7.05 Å². The van der Waals surface area contributed by atoms with Crippen molar-refractivity contribution < 1.29 is 4.74 Å². The molecule has 4 bridgehead atoms. The van der Waals surface area contributed by atoms with Crippen LogP contribution in [0.4, 0.5) is 0 Å². The lowest BCUT2D eigenvalue weighted by molar-refractivity contribution is -0.142. The molecule has 0 N–H and O–H groups in total. The molecule has 0 amide bonds. The monoisotopic (exact) mass is 472 g/mol. The Bertz CT molecular complexity index is 1050. The molecule has 3 aliphatic carbocycles. The van der Waals surface area contributed by atoms with Gasteiger partial charge in [0.25, 0.3) is 0 Å². The lowest BCUT2D eigenvalue weighted by Gasteiger charge is -2.55. The van der Waals surface area contributed by atoms with Gasteiger partial charge in [0.2, 0.25) is 0 Å². The Balaban J connectivity index is 1.19. The summed E-state index contributed by atoms with van der Waals surface area (Å²) >= 11 is 0. The van der Waals surface area contributed by atoms with Gasteiger partial charge in [-0.2, -0.15) is 0 Å². The second-order valence-electron chi connectivity index (χ2n) is 13.4. The van der Waals surface area contributed by atoms with E-state index in [1.54, 1.807) is 11.1 Å². The minimum Gasteiger partial charge on any atom is -0.359 e. The number of hydrogen-bond acceptors (Lipinski definition) is 3. The van der Waals surface area contributed by atoms with E-state index in [0.29, 0.717) is 11.8 Å². The first kappa shape index (κ1) is 22.7. The number of aliphatic imine (C=N–C) groups is 1. The van der Waals surface area contributed by atoms with E-state index in [9.17, 15) is 0 Å². The Morgan fingerprint density at radius 2 is 1.86 bits per heavy atom. The third kappa shape index (κ3) is 3.07. The van der Waals surface area contributed by atoms with E-state index in [2.05, 4.69) is 48.5 Å². The van der Waals surface area contributed by atoms with Crippen LogP contribution in [0.3, 0.4) is 0 Å². The topological polar surface area (TPSA) is 24.8 Å². The number of nitrogens with zero attached hydrogens (tertiary/aromatic N) is 2. The minimum absolute atomic E-state index is 0.0232. The molecule has 4 heterocycles. The van der Waals surface area contributed by atoms with Gasteiger partial charge in [0.05, 0.1) is 11.2 Å². The van der Waals surface area contributed by atoms with E-state index < -0.39 is 0 Å². The van der Waals surface area contributed by atoms with Crippen LogP contribution in [0.25, 0.3) is 0 Å². The van der Waals surface area contributed by atoms with E-state index in [0.717, 1.165) is 23.7 Å². The van der Waals surface area contributed by atoms with Crippen molar-refractivity contribution in [1.29, 1.82) is 0 Å². The van der Waals surface area contributed by atoms with E-state index in [1.807, 2.05) is 13.3 Å². The molecule has 188 valence electrons. The van der Waals surface area contributed by atoms with Crippen molar-refractivity contribution in [3.8, 4) is 0 Å². The van der Waals surface area contributed by atoms with Gasteiger partial charge < -0.3 is 4.74 Å². The number of allylic oxidation sites excluding steroid dienone is 4. The van der Waals surface area contributed by atoms with Gasteiger partial charge in [-0.1, -0.05) is 37.3 Å². The summed E-state index contributed by atoms with van der Waals surface area (Å²) in [4.78, 5) is 7.15. The molecule has 7 rings (SSSR count). The van der Waals surface area contributed by atoms with E-state index >= 15 is 0 Å². The third-order valence-corrected chi connectivity index (χ3v) is 11.8. The van der Waals surface area contributed by atoms with Crippen molar-refractivity contribution in [3.63, 3.8) is 0 Å². The molecule has 5 fully saturated rings. The average molecular weight is 473 g/mol. The van der Waals surface area contributed by atoms with Crippen LogP contribution in [0.15, 0.2) is 52.1 Å². The van der Waals surface area contributed by atoms with E-state index in [-0.39, 0.29) is 16.6 Å². The van der Waals surface area contributed by atoms with Crippen molar-refractivity contribution in [1.82, 2.24) is 4.90 Å². The molecule has 0 radical (unpaired) electrons. The molecule has 4 aliphatic heterocycles. The van der Waals surface area contributed by atoms with Gasteiger partial charge in [0.15, 0.2) is 0 Å². The maximum absolute atomic E-state index is 7.57. The normalized spacial score (nSPS) is 48.5. The lowest BCUT2D eigenvalue weighted by Crippen LogP contribution is -2.56. The van der Waals surface area contributed by atoms with Gasteiger partial charge in [-0.25, -0.2) is 0 Å². The van der Waals surface area contributed by atoms with E-state index in [1.165, 1.54) is 82.6 Å². The first-order chi connectivity index (χ1) is 16.9. The molecule has 2 saturated carbocycles. The number of fused-ring (bicyclic) bond motifs is 3. The van der Waals surface area contributed by atoms with Crippen molar-refractivity contribution >= 4 is 6.21 Å². The average Bonchev–Trinajstić information content (AvgIpc) is 3.59. The molecule has 7 aliphatic rings. The SMILES string of the molecule is C=C(C=NC)/C=C(\C)C1CC[C@@H]2C1(C)CC=C1C=C3CCC(N4C5CCC4CC5)C[C@]34CC[C@@]12O4. The van der Waals surface area contributed by atoms with Gasteiger partial charge in [0, 0.05) is 31.4 Å². The summed E-state index contributed by atoms with van der Waals surface area (Å²) in [5.74, 6) is 1.23. The molecule has 3 saturated heterocycles. The molecule has 2 spiro atoms. The second-order valence-corrected chi connectivity index (χ2v) is 13.4. The summed E-state index contributed by atoms with van der Waals surface area (Å²) in [7, 11) is 1.83. The molecule has 6 atom stereocenters. The second kappa shape index (κ2) is 7.78. The number of rotatable bonds is 4. The molecule has 3 heteroatoms. The summed E-state index contributed by atoms with van der Waals surface area (Å²) < 4.78 is 7.57. The highest BCUT2D eigenvalue weighted by Crippen LogP contribution is 2.68. The molecule has 0 aromatic rings. The molecular formula is C32H44N2O. The largest absolute Gasteiger partial charge is 0.359 e. The van der Waals surface area contributed by atoms with Gasteiger partial charge in [0.1, 0.15) is 0 Å². The standard InChI is InChI=1S/C32H44N2O/c1-21(20-33-4)17-22(2)28-11-12-29-30(28,3)14-13-24-18-23-5-6-27(34-25-7-8-26(34)10-9-25)19-31(23)15-16-32(24,29)35-31/h13,17-18,20,25-29H,1,5-12,14-16,19H2,2-4H3/b22-17+,33-20?/t25?,26?,27?,28?,29-,30?,31-,32-/m1/s1. The molecule has 3 nitrogen and oxygen atoms in total. The fraction of sp³-hybridized carbons (Fsp3) is 0.719. The van der Waals surface area contributed by atoms with Crippen LogP contribution < -0.4 is 0 Å². The first-order valence-electron chi connectivity index (χ1n) is 14.6. The zero-order chi connectivity index (χ0) is 24.0. The fourth-order valence-corrected chi connectivity index (χ4v) is 10.5. The highest BCUT2D eigenvalue weighted by Gasteiger charge is 2.67. The summed E-state index contributed by atoms with van der Waals surface area (Å²) in [6.07, 6.45) is 25.3. The third-order valence-electron chi connectivity index (χ3n) is 11.8. The maximum Gasteiger partial charge on any atom is 0.0974 e. The quantitative estimate of drug-likeness (QED) is 0.326. The van der Waals surface area contributed by atoms with Crippen LogP contribution in [0.1, 0.15) is 90.9 Å². The highest BCUT2D eigenvalue weighted by atomic mass is 16.5. The Hall–Kier alpha value is -1.45. The van der Waals surface area contributed by atoms with Crippen molar-refractivity contribution in [2.24, 2.45) is 22.2 Å². The van der Waals surface area contributed by atoms with E-state index in [4.69, 9.17) is 4.74 Å². The summed E-state index contributed by atoms with van der Waals surface area (Å²) in [6, 6.07) is 2.49. The number of ether oxygens (including phenoxy) is 1. The lowest BCUT2D eigenvalue weighted by atomic mass is 9.58. The predicted octanol–water partition coefficient (Wildman–Crippen LogP) is 6.96. The number of hydrogen-bond donors (Lipinski definition) is 0. The van der Waals surface area contributed by atoms with Crippen LogP contribution in [-0.4, -0.2) is 47.5 Å². The smallest absolute Gasteiger partial charge is 0.0974 e. The maximum atomic E-state index is 7.57. The van der Waals surface area contributed by atoms with Crippen LogP contribution in [0.2, 0.25) is 0 Å². The minimum atomic E-state index is -0.0424. The van der Waals surface area contributed by atoms with Gasteiger partial charge in [-0.3, -0.25) is 9.89 Å². The van der Waals surface area contributed by atoms with Gasteiger partial charge in [-0.15, -0.1) is 0 Å².